The second-order valence-corrected chi connectivity index (χ2v) is 7.08. The molecule has 156 valence electrons. The summed E-state index contributed by atoms with van der Waals surface area (Å²) < 4.78 is 10.8. The van der Waals surface area contributed by atoms with E-state index in [1.54, 1.807) is 0 Å². The maximum atomic E-state index is 12.7. The Morgan fingerprint density at radius 2 is 1.89 bits per heavy atom. The minimum absolute atomic E-state index is 0. The van der Waals surface area contributed by atoms with Gasteiger partial charge in [-0.15, -0.1) is 24.8 Å². The van der Waals surface area contributed by atoms with E-state index in [0.29, 0.717) is 38.0 Å². The average Bonchev–Trinajstić information content (AvgIpc) is 3.25. The predicted octanol–water partition coefficient (Wildman–Crippen LogP) is 1.93. The van der Waals surface area contributed by atoms with Crippen LogP contribution in [-0.4, -0.2) is 64.2 Å². The number of carbonyl (C=O) groups is 1. The fourth-order valence-corrected chi connectivity index (χ4v) is 3.66. The van der Waals surface area contributed by atoms with Crippen molar-refractivity contribution in [1.29, 1.82) is 0 Å². The topological polar surface area (TPSA) is 97.7 Å². The van der Waals surface area contributed by atoms with Gasteiger partial charge in [0.25, 0.3) is 0 Å². The minimum atomic E-state index is -0.626. The number of carbonyl (C=O) groups excluding carboxylic acids is 1. The molecule has 1 aliphatic heterocycles. The molecule has 0 aromatic carbocycles. The van der Waals surface area contributed by atoms with E-state index in [-0.39, 0.29) is 36.8 Å². The van der Waals surface area contributed by atoms with Gasteiger partial charge >= 0.3 is 0 Å². The number of piperazine rings is 1. The van der Waals surface area contributed by atoms with Crippen LogP contribution in [0.3, 0.4) is 0 Å². The van der Waals surface area contributed by atoms with E-state index in [1.165, 1.54) is 0 Å². The van der Waals surface area contributed by atoms with E-state index < -0.39 is 5.54 Å². The van der Waals surface area contributed by atoms with E-state index in [4.69, 9.17) is 15.0 Å². The van der Waals surface area contributed by atoms with Gasteiger partial charge in [-0.3, -0.25) is 9.69 Å². The van der Waals surface area contributed by atoms with E-state index in [0.717, 1.165) is 38.8 Å². The zero-order valence-electron chi connectivity index (χ0n) is 16.1. The lowest BCUT2D eigenvalue weighted by Gasteiger charge is -2.38. The Labute approximate surface area is 173 Å². The Morgan fingerprint density at radius 3 is 2.48 bits per heavy atom. The molecule has 0 spiro atoms. The molecule has 2 aliphatic rings. The van der Waals surface area contributed by atoms with Crippen LogP contribution in [-0.2, 0) is 16.1 Å². The number of ether oxygens (including phenoxy) is 1. The Hall–Kier alpha value is -0.930. The van der Waals surface area contributed by atoms with Crippen molar-refractivity contribution >= 4 is 30.7 Å². The average molecular weight is 424 g/mol. The van der Waals surface area contributed by atoms with Crippen LogP contribution in [0, 0.1) is 0 Å². The van der Waals surface area contributed by atoms with Crippen molar-refractivity contribution in [3.8, 4) is 0 Å². The lowest BCUT2D eigenvalue weighted by molar-refractivity contribution is -0.138. The maximum absolute atomic E-state index is 12.7. The first-order valence-corrected chi connectivity index (χ1v) is 9.26. The standard InChI is InChI=1S/C17H29N5O3.2ClH/c1-3-24-13(2)15-19-14(25-20-15)12-21-8-10-22(11-9-21)16(23)17(18)6-4-5-7-17;;/h13H,3-12,18H2,1-2H3;2*1H. The van der Waals surface area contributed by atoms with Crippen LogP contribution < -0.4 is 5.73 Å². The van der Waals surface area contributed by atoms with E-state index in [9.17, 15) is 4.79 Å². The van der Waals surface area contributed by atoms with Crippen LogP contribution in [0.25, 0.3) is 0 Å². The molecule has 10 heteroatoms. The fourth-order valence-electron chi connectivity index (χ4n) is 3.66. The summed E-state index contributed by atoms with van der Waals surface area (Å²) in [6, 6.07) is 0. The van der Waals surface area contributed by atoms with Gasteiger partial charge in [-0.05, 0) is 26.7 Å². The van der Waals surface area contributed by atoms with Crippen LogP contribution in [0.5, 0.6) is 0 Å². The molecule has 1 aromatic heterocycles. The van der Waals surface area contributed by atoms with Gasteiger partial charge in [0.05, 0.1) is 12.1 Å². The van der Waals surface area contributed by atoms with Crippen LogP contribution in [0.1, 0.15) is 57.3 Å². The van der Waals surface area contributed by atoms with Gasteiger partial charge in [-0.2, -0.15) is 4.98 Å². The number of hydrogen-bond acceptors (Lipinski definition) is 7. The lowest BCUT2D eigenvalue weighted by Crippen LogP contribution is -2.58. The number of nitrogens with zero attached hydrogens (tertiary/aromatic N) is 4. The van der Waals surface area contributed by atoms with Crippen molar-refractivity contribution < 1.29 is 14.1 Å². The molecule has 0 radical (unpaired) electrons. The largest absolute Gasteiger partial charge is 0.371 e. The van der Waals surface area contributed by atoms with Crippen LogP contribution in [0.15, 0.2) is 4.52 Å². The first-order valence-electron chi connectivity index (χ1n) is 9.26. The fraction of sp³-hybridized carbons (Fsp3) is 0.824. The summed E-state index contributed by atoms with van der Waals surface area (Å²) in [7, 11) is 0. The van der Waals surface area contributed by atoms with Crippen molar-refractivity contribution in [1.82, 2.24) is 19.9 Å². The molecule has 1 amide bonds. The SMILES string of the molecule is CCOC(C)c1noc(CN2CCN(C(=O)C3(N)CCCC3)CC2)n1.Cl.Cl. The quantitative estimate of drug-likeness (QED) is 0.745. The summed E-state index contributed by atoms with van der Waals surface area (Å²) in [6.45, 7) is 8.05. The first kappa shape index (κ1) is 24.1. The first-order chi connectivity index (χ1) is 12.0. The Kier molecular flexibility index (Phi) is 9.44. The second kappa shape index (κ2) is 10.6. The number of rotatable bonds is 6. The molecule has 8 nitrogen and oxygen atoms in total. The zero-order valence-corrected chi connectivity index (χ0v) is 17.7. The number of amides is 1. The summed E-state index contributed by atoms with van der Waals surface area (Å²) in [5.41, 5.74) is 5.67. The van der Waals surface area contributed by atoms with Crippen molar-refractivity contribution in [3.63, 3.8) is 0 Å². The maximum Gasteiger partial charge on any atom is 0.242 e. The summed E-state index contributed by atoms with van der Waals surface area (Å²) in [5.74, 6) is 1.29. The number of aromatic nitrogens is 2. The van der Waals surface area contributed by atoms with Crippen molar-refractivity contribution in [2.75, 3.05) is 32.8 Å². The molecule has 3 rings (SSSR count). The molecule has 1 saturated carbocycles. The van der Waals surface area contributed by atoms with Crippen molar-refractivity contribution in [3.05, 3.63) is 11.7 Å². The summed E-state index contributed by atoms with van der Waals surface area (Å²) in [6.07, 6.45) is 3.58. The minimum Gasteiger partial charge on any atom is -0.371 e. The third kappa shape index (κ3) is 5.77. The van der Waals surface area contributed by atoms with Gasteiger partial charge in [0, 0.05) is 32.8 Å². The number of halogens is 2. The van der Waals surface area contributed by atoms with E-state index >= 15 is 0 Å². The van der Waals surface area contributed by atoms with Gasteiger partial charge in [-0.25, -0.2) is 0 Å². The summed E-state index contributed by atoms with van der Waals surface area (Å²) in [5, 5.41) is 3.99. The van der Waals surface area contributed by atoms with Crippen LogP contribution >= 0.6 is 24.8 Å². The second-order valence-electron chi connectivity index (χ2n) is 7.08. The smallest absolute Gasteiger partial charge is 0.242 e. The van der Waals surface area contributed by atoms with Gasteiger partial charge < -0.3 is 19.9 Å². The lowest BCUT2D eigenvalue weighted by atomic mass is 9.97. The molecule has 1 aliphatic carbocycles. The number of hydrogen-bond donors (Lipinski definition) is 1. The molecule has 1 unspecified atom stereocenters. The Bertz CT molecular complexity index is 587. The molecule has 2 heterocycles. The monoisotopic (exact) mass is 423 g/mol. The van der Waals surface area contributed by atoms with Gasteiger partial charge in [-0.1, -0.05) is 18.0 Å². The van der Waals surface area contributed by atoms with Crippen LogP contribution in [0.2, 0.25) is 0 Å². The third-order valence-electron chi connectivity index (χ3n) is 5.20. The highest BCUT2D eigenvalue weighted by molar-refractivity contribution is 5.86. The van der Waals surface area contributed by atoms with Crippen molar-refractivity contribution in [2.24, 2.45) is 5.73 Å². The van der Waals surface area contributed by atoms with Crippen LogP contribution in [0.4, 0.5) is 0 Å². The molecular weight excluding hydrogens is 393 g/mol. The number of nitrogens with two attached hydrogens (primary N) is 1. The van der Waals surface area contributed by atoms with Gasteiger partial charge in [0.15, 0.2) is 5.82 Å². The molecular formula is C17H31Cl2N5O3. The normalized spacial score (nSPS) is 20.6. The van der Waals surface area contributed by atoms with Gasteiger partial charge in [0.1, 0.15) is 6.10 Å². The molecule has 0 bridgehead atoms. The van der Waals surface area contributed by atoms with Gasteiger partial charge in [0.2, 0.25) is 11.8 Å². The molecule has 1 saturated heterocycles. The van der Waals surface area contributed by atoms with E-state index in [1.807, 2.05) is 18.7 Å². The molecule has 2 N–H and O–H groups in total. The summed E-state index contributed by atoms with van der Waals surface area (Å²) in [4.78, 5) is 21.2. The van der Waals surface area contributed by atoms with Crippen molar-refractivity contribution in [2.45, 2.75) is 57.7 Å². The summed E-state index contributed by atoms with van der Waals surface area (Å²) >= 11 is 0. The molecule has 1 aromatic rings. The zero-order chi connectivity index (χ0) is 17.9. The molecule has 2 fully saturated rings. The highest BCUT2D eigenvalue weighted by atomic mass is 35.5. The third-order valence-corrected chi connectivity index (χ3v) is 5.20. The predicted molar refractivity (Wildman–Crippen MR) is 106 cm³/mol. The molecule has 27 heavy (non-hydrogen) atoms. The van der Waals surface area contributed by atoms with E-state index in [2.05, 4.69) is 15.0 Å². The molecule has 1 atom stereocenters. The highest BCUT2D eigenvalue weighted by Crippen LogP contribution is 2.29. The highest BCUT2D eigenvalue weighted by Gasteiger charge is 2.40. The Morgan fingerprint density at radius 1 is 1.26 bits per heavy atom. The Balaban J connectivity index is 0.00000182.